The van der Waals surface area contributed by atoms with E-state index < -0.39 is 15.6 Å². The molecule has 2 heterocycles. The van der Waals surface area contributed by atoms with E-state index in [-0.39, 0.29) is 12.3 Å². The lowest BCUT2D eigenvalue weighted by Crippen LogP contribution is -2.40. The molecule has 0 unspecified atom stereocenters. The molecule has 7 heteroatoms. The molecule has 0 saturated heterocycles. The van der Waals surface area contributed by atoms with Crippen LogP contribution in [0.4, 0.5) is 0 Å². The molecule has 0 saturated carbocycles. The zero-order valence-corrected chi connectivity index (χ0v) is 10.5. The lowest BCUT2D eigenvalue weighted by atomic mass is 9.94. The number of furan rings is 2. The minimum atomic E-state index is -3.42. The Morgan fingerprint density at radius 2 is 2.17 bits per heavy atom. The summed E-state index contributed by atoms with van der Waals surface area (Å²) < 4.78 is 34.6. The van der Waals surface area contributed by atoms with Crippen molar-refractivity contribution in [3.05, 3.63) is 48.3 Å². The van der Waals surface area contributed by atoms with Crippen molar-refractivity contribution in [3.63, 3.8) is 0 Å². The van der Waals surface area contributed by atoms with Gasteiger partial charge in [-0.2, -0.15) is 0 Å². The third kappa shape index (κ3) is 2.63. The SMILES string of the molecule is CS(=O)(=O)NC[C@](O)(c1ccoc1)c1ccco1. The molecule has 0 spiro atoms. The van der Waals surface area contributed by atoms with Crippen LogP contribution in [0.3, 0.4) is 0 Å². The van der Waals surface area contributed by atoms with Crippen molar-refractivity contribution in [2.24, 2.45) is 0 Å². The second-order valence-corrected chi connectivity index (χ2v) is 5.78. The van der Waals surface area contributed by atoms with E-state index in [0.29, 0.717) is 5.56 Å². The molecule has 0 aliphatic carbocycles. The van der Waals surface area contributed by atoms with E-state index >= 15 is 0 Å². The van der Waals surface area contributed by atoms with Gasteiger partial charge in [0.15, 0.2) is 5.60 Å². The van der Waals surface area contributed by atoms with E-state index in [0.717, 1.165) is 6.26 Å². The Kier molecular flexibility index (Phi) is 3.29. The summed E-state index contributed by atoms with van der Waals surface area (Å²) >= 11 is 0. The highest BCUT2D eigenvalue weighted by atomic mass is 32.2. The first kappa shape index (κ1) is 12.9. The highest BCUT2D eigenvalue weighted by molar-refractivity contribution is 7.88. The van der Waals surface area contributed by atoms with Gasteiger partial charge in [0.25, 0.3) is 0 Å². The van der Waals surface area contributed by atoms with Gasteiger partial charge in [-0.15, -0.1) is 0 Å². The zero-order chi connectivity index (χ0) is 13.2. The van der Waals surface area contributed by atoms with Gasteiger partial charge in [-0.1, -0.05) is 0 Å². The Labute approximate surface area is 104 Å². The van der Waals surface area contributed by atoms with Crippen LogP contribution in [-0.4, -0.2) is 26.3 Å². The van der Waals surface area contributed by atoms with E-state index in [4.69, 9.17) is 8.83 Å². The Bertz CT molecular complexity index is 551. The first-order valence-electron chi connectivity index (χ1n) is 5.15. The molecule has 6 nitrogen and oxygen atoms in total. The Morgan fingerprint density at radius 1 is 1.39 bits per heavy atom. The molecule has 98 valence electrons. The summed E-state index contributed by atoms with van der Waals surface area (Å²) in [7, 11) is -3.42. The monoisotopic (exact) mass is 271 g/mol. The number of rotatable bonds is 5. The average Bonchev–Trinajstić information content (AvgIpc) is 2.97. The van der Waals surface area contributed by atoms with Crippen molar-refractivity contribution in [2.75, 3.05) is 12.8 Å². The van der Waals surface area contributed by atoms with E-state index in [2.05, 4.69) is 4.72 Å². The van der Waals surface area contributed by atoms with E-state index in [1.54, 1.807) is 18.2 Å². The molecule has 2 aromatic rings. The molecule has 18 heavy (non-hydrogen) atoms. The number of hydrogen-bond acceptors (Lipinski definition) is 5. The average molecular weight is 271 g/mol. The number of aliphatic hydroxyl groups is 1. The van der Waals surface area contributed by atoms with Crippen molar-refractivity contribution in [2.45, 2.75) is 5.60 Å². The highest BCUT2D eigenvalue weighted by Crippen LogP contribution is 2.29. The summed E-state index contributed by atoms with van der Waals surface area (Å²) in [6.45, 7) is -0.237. The van der Waals surface area contributed by atoms with Gasteiger partial charge in [0.2, 0.25) is 10.0 Å². The fourth-order valence-electron chi connectivity index (χ4n) is 1.58. The molecule has 2 aromatic heterocycles. The Morgan fingerprint density at radius 3 is 2.67 bits per heavy atom. The maximum atomic E-state index is 11.1. The standard InChI is InChI=1S/C11H13NO5S/c1-18(14,15)12-8-11(13,9-4-6-16-7-9)10-3-2-5-17-10/h2-7,12-13H,8H2,1H3/t11-/m0/s1. The molecule has 0 amide bonds. The predicted molar refractivity (Wildman–Crippen MR) is 63.3 cm³/mol. The smallest absolute Gasteiger partial charge is 0.208 e. The number of sulfonamides is 1. The molecule has 0 radical (unpaired) electrons. The maximum absolute atomic E-state index is 11.1. The van der Waals surface area contributed by atoms with Gasteiger partial charge >= 0.3 is 0 Å². The number of hydrogen-bond donors (Lipinski definition) is 2. The molecular weight excluding hydrogens is 258 g/mol. The lowest BCUT2D eigenvalue weighted by molar-refractivity contribution is 0.0613. The third-order valence-electron chi connectivity index (χ3n) is 2.52. The minimum absolute atomic E-state index is 0.236. The van der Waals surface area contributed by atoms with Gasteiger partial charge in [-0.3, -0.25) is 0 Å². The molecule has 0 bridgehead atoms. The van der Waals surface area contributed by atoms with Gasteiger partial charge in [0.1, 0.15) is 5.76 Å². The fourth-order valence-corrected chi connectivity index (χ4v) is 2.05. The van der Waals surface area contributed by atoms with Crippen molar-refractivity contribution < 1.29 is 22.4 Å². The van der Waals surface area contributed by atoms with E-state index in [9.17, 15) is 13.5 Å². The molecule has 2 rings (SSSR count). The summed E-state index contributed by atoms with van der Waals surface area (Å²) in [6, 6.07) is 4.73. The molecule has 0 aliphatic heterocycles. The summed E-state index contributed by atoms with van der Waals surface area (Å²) in [6.07, 6.45) is 5.15. The van der Waals surface area contributed by atoms with Crippen molar-refractivity contribution in [1.82, 2.24) is 4.72 Å². The maximum Gasteiger partial charge on any atom is 0.208 e. The van der Waals surface area contributed by atoms with Crippen molar-refractivity contribution in [1.29, 1.82) is 0 Å². The van der Waals surface area contributed by atoms with Gasteiger partial charge in [0.05, 0.1) is 31.6 Å². The van der Waals surface area contributed by atoms with Crippen LogP contribution in [0.15, 0.2) is 45.8 Å². The van der Waals surface area contributed by atoms with Gasteiger partial charge < -0.3 is 13.9 Å². The molecule has 0 aromatic carbocycles. The second-order valence-electron chi connectivity index (χ2n) is 3.94. The van der Waals surface area contributed by atoms with Crippen LogP contribution in [0.5, 0.6) is 0 Å². The third-order valence-corrected chi connectivity index (χ3v) is 3.19. The second kappa shape index (κ2) is 4.60. The summed E-state index contributed by atoms with van der Waals surface area (Å²) in [4.78, 5) is 0. The molecule has 0 aliphatic rings. The van der Waals surface area contributed by atoms with Crippen LogP contribution in [0.1, 0.15) is 11.3 Å². The number of nitrogens with one attached hydrogen (secondary N) is 1. The van der Waals surface area contributed by atoms with Crippen LogP contribution < -0.4 is 4.72 Å². The van der Waals surface area contributed by atoms with Crippen LogP contribution in [0.2, 0.25) is 0 Å². The molecule has 0 fully saturated rings. The Balaban J connectivity index is 2.35. The summed E-state index contributed by atoms with van der Waals surface area (Å²) in [5.41, 5.74) is -1.19. The van der Waals surface area contributed by atoms with Crippen LogP contribution in [-0.2, 0) is 15.6 Å². The summed E-state index contributed by atoms with van der Waals surface area (Å²) in [5, 5.41) is 10.6. The summed E-state index contributed by atoms with van der Waals surface area (Å²) in [5.74, 6) is 0.236. The van der Waals surface area contributed by atoms with Crippen molar-refractivity contribution in [3.8, 4) is 0 Å². The van der Waals surface area contributed by atoms with Crippen molar-refractivity contribution >= 4 is 10.0 Å². The minimum Gasteiger partial charge on any atom is -0.472 e. The lowest BCUT2D eigenvalue weighted by Gasteiger charge is -2.24. The van der Waals surface area contributed by atoms with E-state index in [1.165, 1.54) is 18.8 Å². The Hall–Kier alpha value is -1.57. The first-order chi connectivity index (χ1) is 8.42. The van der Waals surface area contributed by atoms with E-state index in [1.807, 2.05) is 0 Å². The quantitative estimate of drug-likeness (QED) is 0.833. The molecular formula is C11H13NO5S. The highest BCUT2D eigenvalue weighted by Gasteiger charge is 2.36. The predicted octanol–water partition coefficient (Wildman–Crippen LogP) is 0.658. The van der Waals surface area contributed by atoms with Crippen LogP contribution in [0.25, 0.3) is 0 Å². The fraction of sp³-hybridized carbons (Fsp3) is 0.273. The van der Waals surface area contributed by atoms with Gasteiger partial charge in [-0.25, -0.2) is 13.1 Å². The largest absolute Gasteiger partial charge is 0.472 e. The molecule has 2 N–H and O–H groups in total. The van der Waals surface area contributed by atoms with Gasteiger partial charge in [0, 0.05) is 5.56 Å². The van der Waals surface area contributed by atoms with Gasteiger partial charge in [-0.05, 0) is 18.2 Å². The topological polar surface area (TPSA) is 92.7 Å². The first-order valence-corrected chi connectivity index (χ1v) is 7.05. The molecule has 1 atom stereocenters. The zero-order valence-electron chi connectivity index (χ0n) is 9.66. The normalized spacial score (nSPS) is 15.4. The van der Waals surface area contributed by atoms with Crippen LogP contribution >= 0.6 is 0 Å². The van der Waals surface area contributed by atoms with Crippen LogP contribution in [0, 0.1) is 0 Å².